The number of hydrogen-bond acceptors (Lipinski definition) is 0. The van der Waals surface area contributed by atoms with Gasteiger partial charge in [0.2, 0.25) is 0 Å². The lowest BCUT2D eigenvalue weighted by atomic mass is 9.97. The van der Waals surface area contributed by atoms with Crippen molar-refractivity contribution < 1.29 is 0 Å². The molecule has 1 radical (unpaired) electrons. The normalized spacial score (nSPS) is 12.4. The second-order valence-electron chi connectivity index (χ2n) is 6.86. The number of nitrogens with one attached hydrogen (secondary N) is 1. The van der Waals surface area contributed by atoms with Crippen LogP contribution in [0.15, 0.2) is 12.2 Å². The second kappa shape index (κ2) is 13.7. The molecule has 1 nitrogen and oxygen atoms in total. The fourth-order valence-electron chi connectivity index (χ4n) is 2.45. The lowest BCUT2D eigenvalue weighted by Crippen LogP contribution is -2.20. The van der Waals surface area contributed by atoms with Crippen LogP contribution < -0.4 is 5.73 Å². The van der Waals surface area contributed by atoms with Gasteiger partial charge in [-0.1, -0.05) is 76.9 Å². The number of unbranched alkanes of at least 4 members (excludes halogenated alkanes) is 10. The highest BCUT2D eigenvalue weighted by Gasteiger charge is 2.09. The summed E-state index contributed by atoms with van der Waals surface area (Å²) in [4.78, 5) is 0. The lowest BCUT2D eigenvalue weighted by molar-refractivity contribution is 0.427. The predicted octanol–water partition coefficient (Wildman–Crippen LogP) is 6.70. The Hall–Kier alpha value is -0.300. The first-order valence-electron chi connectivity index (χ1n) is 8.96. The number of hydrogen-bond donors (Lipinski definition) is 0. The van der Waals surface area contributed by atoms with Crippen LogP contribution in [0.3, 0.4) is 0 Å². The van der Waals surface area contributed by atoms with E-state index < -0.39 is 0 Å². The molecule has 0 bridgehead atoms. The summed E-state index contributed by atoms with van der Waals surface area (Å²) in [6.07, 6.45) is 21.9. The summed E-state index contributed by atoms with van der Waals surface area (Å²) in [5, 5.41) is 0. The molecule has 1 heteroatoms. The third-order valence-electron chi connectivity index (χ3n) is 3.81. The molecule has 0 spiro atoms. The van der Waals surface area contributed by atoms with Gasteiger partial charge in [0.15, 0.2) is 0 Å². The van der Waals surface area contributed by atoms with Gasteiger partial charge < -0.3 is 0 Å². The van der Waals surface area contributed by atoms with Crippen molar-refractivity contribution in [2.45, 2.75) is 110 Å². The molecule has 0 aliphatic heterocycles. The SMILES string of the molecule is CCCCC=CCCCCCCCCCCC(C)(C)[NH]. The van der Waals surface area contributed by atoms with Crippen LogP contribution in [0.25, 0.3) is 0 Å². The number of rotatable bonds is 14. The average molecular weight is 281 g/mol. The van der Waals surface area contributed by atoms with E-state index in [2.05, 4.69) is 19.1 Å². The van der Waals surface area contributed by atoms with E-state index in [1.54, 1.807) is 0 Å². The molecular weight excluding hydrogens is 242 g/mol. The van der Waals surface area contributed by atoms with Gasteiger partial charge >= 0.3 is 0 Å². The van der Waals surface area contributed by atoms with Crippen LogP contribution in [0.1, 0.15) is 104 Å². The Balaban J connectivity index is 3.08. The first kappa shape index (κ1) is 19.7. The van der Waals surface area contributed by atoms with Crippen molar-refractivity contribution in [3.05, 3.63) is 12.2 Å². The fourth-order valence-corrected chi connectivity index (χ4v) is 2.45. The zero-order valence-corrected chi connectivity index (χ0v) is 14.3. The van der Waals surface area contributed by atoms with Gasteiger partial charge in [-0.2, -0.15) is 0 Å². The first-order chi connectivity index (χ1) is 9.56. The molecule has 0 aliphatic rings. The Morgan fingerprint density at radius 3 is 1.65 bits per heavy atom. The summed E-state index contributed by atoms with van der Waals surface area (Å²) >= 11 is 0. The van der Waals surface area contributed by atoms with E-state index in [1.807, 2.05) is 13.8 Å². The smallest absolute Gasteiger partial charge is 0.0267 e. The van der Waals surface area contributed by atoms with Crippen LogP contribution >= 0.6 is 0 Å². The van der Waals surface area contributed by atoms with Gasteiger partial charge in [-0.05, 0) is 39.5 Å². The molecule has 0 fully saturated rings. The summed E-state index contributed by atoms with van der Waals surface area (Å²) in [7, 11) is 0. The molecule has 0 aromatic carbocycles. The van der Waals surface area contributed by atoms with Crippen LogP contribution in [-0.2, 0) is 0 Å². The molecule has 0 aromatic heterocycles. The zero-order chi connectivity index (χ0) is 15.1. The lowest BCUT2D eigenvalue weighted by Gasteiger charge is -2.16. The maximum Gasteiger partial charge on any atom is 0.0267 e. The first-order valence-corrected chi connectivity index (χ1v) is 8.96. The third-order valence-corrected chi connectivity index (χ3v) is 3.81. The minimum Gasteiger partial charge on any atom is -0.252 e. The topological polar surface area (TPSA) is 23.8 Å². The highest BCUT2D eigenvalue weighted by Crippen LogP contribution is 2.15. The van der Waals surface area contributed by atoms with Crippen LogP contribution in [0, 0.1) is 0 Å². The minimum absolute atomic E-state index is 0.218. The van der Waals surface area contributed by atoms with Crippen LogP contribution in [0.2, 0.25) is 0 Å². The fraction of sp³-hybridized carbons (Fsp3) is 0.895. The molecule has 0 atom stereocenters. The molecule has 0 unspecified atom stereocenters. The molecule has 0 aromatic rings. The highest BCUT2D eigenvalue weighted by atomic mass is 14.7. The largest absolute Gasteiger partial charge is 0.252 e. The van der Waals surface area contributed by atoms with Crippen molar-refractivity contribution in [1.82, 2.24) is 5.73 Å². The Morgan fingerprint density at radius 1 is 0.700 bits per heavy atom. The van der Waals surface area contributed by atoms with Crippen molar-refractivity contribution in [3.8, 4) is 0 Å². The monoisotopic (exact) mass is 280 g/mol. The minimum atomic E-state index is -0.218. The Labute approximate surface area is 128 Å². The van der Waals surface area contributed by atoms with Gasteiger partial charge in [0.05, 0.1) is 0 Å². The van der Waals surface area contributed by atoms with Gasteiger partial charge in [0.1, 0.15) is 0 Å². The van der Waals surface area contributed by atoms with E-state index in [0.29, 0.717) is 0 Å². The van der Waals surface area contributed by atoms with Gasteiger partial charge in [0.25, 0.3) is 0 Å². The third kappa shape index (κ3) is 17.7. The molecule has 0 saturated heterocycles. The Kier molecular flexibility index (Phi) is 13.5. The molecule has 20 heavy (non-hydrogen) atoms. The van der Waals surface area contributed by atoms with E-state index >= 15 is 0 Å². The van der Waals surface area contributed by atoms with Gasteiger partial charge in [-0.3, -0.25) is 5.73 Å². The van der Waals surface area contributed by atoms with Gasteiger partial charge in [0, 0.05) is 5.54 Å². The van der Waals surface area contributed by atoms with Crippen LogP contribution in [0.5, 0.6) is 0 Å². The molecule has 0 aliphatic carbocycles. The van der Waals surface area contributed by atoms with E-state index in [-0.39, 0.29) is 5.54 Å². The van der Waals surface area contributed by atoms with E-state index in [4.69, 9.17) is 5.73 Å². The molecular formula is C19H38N. The van der Waals surface area contributed by atoms with Crippen LogP contribution in [0.4, 0.5) is 0 Å². The summed E-state index contributed by atoms with van der Waals surface area (Å²) in [5.41, 5.74) is 7.57. The van der Waals surface area contributed by atoms with Gasteiger partial charge in [-0.15, -0.1) is 0 Å². The second-order valence-corrected chi connectivity index (χ2v) is 6.86. The van der Waals surface area contributed by atoms with Crippen LogP contribution in [-0.4, -0.2) is 5.54 Å². The molecule has 119 valence electrons. The van der Waals surface area contributed by atoms with Crippen molar-refractivity contribution in [2.75, 3.05) is 0 Å². The maximum absolute atomic E-state index is 7.79. The summed E-state index contributed by atoms with van der Waals surface area (Å²) in [5.74, 6) is 0. The standard InChI is InChI=1S/C19H38N/c1-4-5-6-7-8-9-10-11-12-13-14-15-16-17-18-19(2,3)20/h7-8,20H,4-6,9-18H2,1-3H3. The van der Waals surface area contributed by atoms with E-state index in [1.165, 1.54) is 77.0 Å². The maximum atomic E-state index is 7.79. The Bertz CT molecular complexity index is 212. The molecule has 1 N–H and O–H groups in total. The van der Waals surface area contributed by atoms with Crippen molar-refractivity contribution in [1.29, 1.82) is 0 Å². The van der Waals surface area contributed by atoms with Crippen molar-refractivity contribution in [3.63, 3.8) is 0 Å². The van der Waals surface area contributed by atoms with Crippen molar-refractivity contribution >= 4 is 0 Å². The quantitative estimate of drug-likeness (QED) is 0.250. The predicted molar refractivity (Wildman–Crippen MR) is 92.0 cm³/mol. The van der Waals surface area contributed by atoms with Gasteiger partial charge in [-0.25, -0.2) is 0 Å². The average Bonchev–Trinajstić information content (AvgIpc) is 2.38. The molecule has 0 heterocycles. The van der Waals surface area contributed by atoms with E-state index in [0.717, 1.165) is 6.42 Å². The zero-order valence-electron chi connectivity index (χ0n) is 14.3. The summed E-state index contributed by atoms with van der Waals surface area (Å²) in [6, 6.07) is 0. The molecule has 0 saturated carbocycles. The molecule has 0 rings (SSSR count). The summed E-state index contributed by atoms with van der Waals surface area (Å²) < 4.78 is 0. The van der Waals surface area contributed by atoms with Crippen molar-refractivity contribution in [2.24, 2.45) is 0 Å². The van der Waals surface area contributed by atoms with E-state index in [9.17, 15) is 0 Å². The Morgan fingerprint density at radius 2 is 1.15 bits per heavy atom. The number of allylic oxidation sites excluding steroid dienone is 2. The highest BCUT2D eigenvalue weighted by molar-refractivity contribution is 4.81. The summed E-state index contributed by atoms with van der Waals surface area (Å²) in [6.45, 7) is 6.29. The molecule has 0 amide bonds.